The number of nitrogens with one attached hydrogen (secondary N) is 1. The van der Waals surface area contributed by atoms with E-state index in [2.05, 4.69) is 5.32 Å². The Bertz CT molecular complexity index is 544. The van der Waals surface area contributed by atoms with Crippen molar-refractivity contribution < 1.29 is 23.8 Å². The highest BCUT2D eigenvalue weighted by Crippen LogP contribution is 2.29. The summed E-state index contributed by atoms with van der Waals surface area (Å²) in [4.78, 5) is 24.5. The van der Waals surface area contributed by atoms with Crippen LogP contribution >= 0.6 is 0 Å². The number of benzene rings is 1. The Morgan fingerprint density at radius 2 is 1.70 bits per heavy atom. The molecule has 1 unspecified atom stereocenters. The standard InChI is InChI=1S/C17H23NO5/c1-11(16(19)18-12-7-4-5-8-12)23-17(20)15-13(21-2)9-6-10-14(15)22-3/h6,9-12H,4-5,7-8H2,1-3H3,(H,18,19). The van der Waals surface area contributed by atoms with Gasteiger partial charge in [-0.25, -0.2) is 4.79 Å². The molecule has 1 saturated carbocycles. The summed E-state index contributed by atoms with van der Waals surface area (Å²) in [5.41, 5.74) is 0.179. The van der Waals surface area contributed by atoms with Gasteiger partial charge in [0.1, 0.15) is 17.1 Å². The van der Waals surface area contributed by atoms with Crippen molar-refractivity contribution in [3.63, 3.8) is 0 Å². The molecular formula is C17H23NO5. The molecule has 1 aromatic carbocycles. The average Bonchev–Trinajstić information content (AvgIpc) is 3.06. The monoisotopic (exact) mass is 321 g/mol. The van der Waals surface area contributed by atoms with E-state index in [1.54, 1.807) is 25.1 Å². The van der Waals surface area contributed by atoms with Gasteiger partial charge in [0.25, 0.3) is 5.91 Å². The van der Waals surface area contributed by atoms with E-state index < -0.39 is 12.1 Å². The van der Waals surface area contributed by atoms with Gasteiger partial charge < -0.3 is 19.5 Å². The van der Waals surface area contributed by atoms with Gasteiger partial charge in [-0.2, -0.15) is 0 Å². The van der Waals surface area contributed by atoms with Gasteiger partial charge in [-0.3, -0.25) is 4.79 Å². The summed E-state index contributed by atoms with van der Waals surface area (Å²) in [6.45, 7) is 1.56. The third kappa shape index (κ3) is 4.15. The van der Waals surface area contributed by atoms with E-state index in [0.29, 0.717) is 11.5 Å². The first kappa shape index (κ1) is 17.1. The van der Waals surface area contributed by atoms with Gasteiger partial charge in [0.15, 0.2) is 6.10 Å². The summed E-state index contributed by atoms with van der Waals surface area (Å²) in [6, 6.07) is 5.18. The van der Waals surface area contributed by atoms with Crippen LogP contribution in [0.1, 0.15) is 43.0 Å². The Hall–Kier alpha value is -2.24. The van der Waals surface area contributed by atoms with Crippen molar-refractivity contribution in [3.8, 4) is 11.5 Å². The van der Waals surface area contributed by atoms with Crippen LogP contribution in [0.2, 0.25) is 0 Å². The minimum absolute atomic E-state index is 0.179. The SMILES string of the molecule is COc1cccc(OC)c1C(=O)OC(C)C(=O)NC1CCCC1. The molecular weight excluding hydrogens is 298 g/mol. The zero-order valence-corrected chi connectivity index (χ0v) is 13.8. The summed E-state index contributed by atoms with van der Waals surface area (Å²) in [7, 11) is 2.92. The fraction of sp³-hybridized carbons (Fsp3) is 0.529. The van der Waals surface area contributed by atoms with Crippen LogP contribution in [0.3, 0.4) is 0 Å². The summed E-state index contributed by atoms with van der Waals surface area (Å²) in [5.74, 6) is -0.233. The molecule has 0 aromatic heterocycles. The summed E-state index contributed by atoms with van der Waals surface area (Å²) in [5, 5.41) is 2.91. The first-order valence-electron chi connectivity index (χ1n) is 7.79. The predicted molar refractivity (Wildman–Crippen MR) is 84.8 cm³/mol. The third-order valence-corrected chi connectivity index (χ3v) is 3.99. The smallest absolute Gasteiger partial charge is 0.346 e. The van der Waals surface area contributed by atoms with E-state index in [1.165, 1.54) is 14.2 Å². The van der Waals surface area contributed by atoms with Gasteiger partial charge >= 0.3 is 5.97 Å². The minimum atomic E-state index is -0.877. The summed E-state index contributed by atoms with van der Waals surface area (Å²) >= 11 is 0. The van der Waals surface area contributed by atoms with Crippen molar-refractivity contribution in [2.24, 2.45) is 0 Å². The van der Waals surface area contributed by atoms with Gasteiger partial charge in [-0.1, -0.05) is 18.9 Å². The lowest BCUT2D eigenvalue weighted by molar-refractivity contribution is -0.129. The van der Waals surface area contributed by atoms with E-state index in [9.17, 15) is 9.59 Å². The number of hydrogen-bond donors (Lipinski definition) is 1. The maximum Gasteiger partial charge on any atom is 0.346 e. The Morgan fingerprint density at radius 3 is 2.22 bits per heavy atom. The van der Waals surface area contributed by atoms with E-state index >= 15 is 0 Å². The van der Waals surface area contributed by atoms with Crippen LogP contribution in [0.4, 0.5) is 0 Å². The topological polar surface area (TPSA) is 73.9 Å². The molecule has 1 atom stereocenters. The van der Waals surface area contributed by atoms with Gasteiger partial charge in [0, 0.05) is 6.04 Å². The number of hydrogen-bond acceptors (Lipinski definition) is 5. The van der Waals surface area contributed by atoms with E-state index in [4.69, 9.17) is 14.2 Å². The molecule has 6 nitrogen and oxygen atoms in total. The molecule has 0 aliphatic heterocycles. The molecule has 1 N–H and O–H groups in total. The average molecular weight is 321 g/mol. The minimum Gasteiger partial charge on any atom is -0.496 e. The molecule has 23 heavy (non-hydrogen) atoms. The van der Waals surface area contributed by atoms with Crippen LogP contribution in [0.5, 0.6) is 11.5 Å². The van der Waals surface area contributed by atoms with Crippen molar-refractivity contribution in [2.75, 3.05) is 14.2 Å². The fourth-order valence-electron chi connectivity index (χ4n) is 2.71. The molecule has 0 heterocycles. The largest absolute Gasteiger partial charge is 0.496 e. The second-order valence-electron chi connectivity index (χ2n) is 5.58. The number of carbonyl (C=O) groups is 2. The van der Waals surface area contributed by atoms with Gasteiger partial charge in [-0.15, -0.1) is 0 Å². The Labute approximate surface area is 136 Å². The van der Waals surface area contributed by atoms with Gasteiger partial charge in [0.2, 0.25) is 0 Å². The zero-order chi connectivity index (χ0) is 16.8. The predicted octanol–water partition coefficient (Wildman–Crippen LogP) is 2.31. The maximum absolute atomic E-state index is 12.4. The molecule has 0 saturated heterocycles. The number of ether oxygens (including phenoxy) is 3. The highest BCUT2D eigenvalue weighted by molar-refractivity contribution is 5.97. The van der Waals surface area contributed by atoms with Crippen LogP contribution < -0.4 is 14.8 Å². The van der Waals surface area contributed by atoms with Crippen molar-refractivity contribution in [2.45, 2.75) is 44.8 Å². The molecule has 1 amide bonds. The Balaban J connectivity index is 2.04. The zero-order valence-electron chi connectivity index (χ0n) is 13.8. The van der Waals surface area contributed by atoms with Crippen LogP contribution in [0.25, 0.3) is 0 Å². The van der Waals surface area contributed by atoms with Crippen molar-refractivity contribution >= 4 is 11.9 Å². The normalized spacial score (nSPS) is 15.8. The van der Waals surface area contributed by atoms with E-state index in [1.807, 2.05) is 0 Å². The van der Waals surface area contributed by atoms with Crippen molar-refractivity contribution in [1.82, 2.24) is 5.32 Å². The van der Waals surface area contributed by atoms with Gasteiger partial charge in [-0.05, 0) is 31.9 Å². The van der Waals surface area contributed by atoms with Crippen LogP contribution in [0.15, 0.2) is 18.2 Å². The molecule has 126 valence electrons. The Kier molecular flexibility index (Phi) is 5.84. The number of methoxy groups -OCH3 is 2. The van der Waals surface area contributed by atoms with Gasteiger partial charge in [0.05, 0.1) is 14.2 Å². The lowest BCUT2D eigenvalue weighted by atomic mass is 10.1. The van der Waals surface area contributed by atoms with Crippen molar-refractivity contribution in [1.29, 1.82) is 0 Å². The Morgan fingerprint density at radius 1 is 1.13 bits per heavy atom. The molecule has 0 radical (unpaired) electrons. The first-order valence-corrected chi connectivity index (χ1v) is 7.79. The van der Waals surface area contributed by atoms with Crippen LogP contribution in [-0.2, 0) is 9.53 Å². The lowest BCUT2D eigenvalue weighted by Crippen LogP contribution is -2.40. The molecule has 6 heteroatoms. The maximum atomic E-state index is 12.4. The second kappa shape index (κ2) is 7.85. The summed E-state index contributed by atoms with van der Waals surface area (Å²) in [6.07, 6.45) is 3.33. The summed E-state index contributed by atoms with van der Waals surface area (Å²) < 4.78 is 15.6. The van der Waals surface area contributed by atoms with Crippen molar-refractivity contribution in [3.05, 3.63) is 23.8 Å². The number of esters is 1. The highest BCUT2D eigenvalue weighted by atomic mass is 16.6. The first-order chi connectivity index (χ1) is 11.1. The van der Waals surface area contributed by atoms with E-state index in [0.717, 1.165) is 25.7 Å². The molecule has 1 aliphatic rings. The third-order valence-electron chi connectivity index (χ3n) is 3.99. The number of rotatable bonds is 6. The number of carbonyl (C=O) groups excluding carboxylic acids is 2. The van der Waals surface area contributed by atoms with E-state index in [-0.39, 0.29) is 17.5 Å². The number of amides is 1. The molecule has 0 spiro atoms. The lowest BCUT2D eigenvalue weighted by Gasteiger charge is -2.18. The van der Waals surface area contributed by atoms with Crippen LogP contribution in [0, 0.1) is 0 Å². The molecule has 1 fully saturated rings. The van der Waals surface area contributed by atoms with Crippen LogP contribution in [-0.4, -0.2) is 38.2 Å². The molecule has 2 rings (SSSR count). The molecule has 1 aromatic rings. The fourth-order valence-corrected chi connectivity index (χ4v) is 2.71. The molecule has 0 bridgehead atoms. The second-order valence-corrected chi connectivity index (χ2v) is 5.58. The quantitative estimate of drug-likeness (QED) is 0.814. The highest BCUT2D eigenvalue weighted by Gasteiger charge is 2.26. The molecule has 1 aliphatic carbocycles.